The highest BCUT2D eigenvalue weighted by molar-refractivity contribution is 6.42. The van der Waals surface area contributed by atoms with Crippen LogP contribution in [0.15, 0.2) is 42.6 Å². The van der Waals surface area contributed by atoms with E-state index in [2.05, 4.69) is 10.3 Å². The fourth-order valence-corrected chi connectivity index (χ4v) is 5.96. The summed E-state index contributed by atoms with van der Waals surface area (Å²) in [5.41, 5.74) is 1.33. The zero-order valence-electron chi connectivity index (χ0n) is 21.5. The molecular weight excluding hydrogens is 622 g/mol. The lowest BCUT2D eigenvalue weighted by atomic mass is 9.91. The number of halogens is 4. The Hall–Kier alpha value is -2.03. The van der Waals surface area contributed by atoms with Gasteiger partial charge in [0.15, 0.2) is 6.10 Å². The maximum absolute atomic E-state index is 14.3. The highest BCUT2D eigenvalue weighted by Gasteiger charge is 2.52. The monoisotopic (exact) mass is 646 g/mol. The first-order valence-corrected chi connectivity index (χ1v) is 14.0. The second kappa shape index (κ2) is 12.7. The first kappa shape index (κ1) is 30.4. The number of methoxy groups -OCH3 is 1. The maximum atomic E-state index is 14.3. The third-order valence-electron chi connectivity index (χ3n) is 7.13. The number of aliphatic hydroxyl groups excluding tert-OH is 3. The van der Waals surface area contributed by atoms with Crippen molar-refractivity contribution in [2.75, 3.05) is 31.8 Å². The molecule has 2 aliphatic heterocycles. The van der Waals surface area contributed by atoms with Gasteiger partial charge in [-0.1, -0.05) is 57.7 Å². The minimum Gasteiger partial charge on any atom is -0.394 e. The summed E-state index contributed by atoms with van der Waals surface area (Å²) in [5, 5.41) is 41.6. The number of rotatable bonds is 7. The largest absolute Gasteiger partial charge is 0.394 e. The quantitative estimate of drug-likeness (QED) is 0.353. The number of anilines is 1. The molecule has 220 valence electrons. The first-order chi connectivity index (χ1) is 19.6. The van der Waals surface area contributed by atoms with Crippen LogP contribution in [-0.4, -0.2) is 99.7 Å². The van der Waals surface area contributed by atoms with Gasteiger partial charge in [0.1, 0.15) is 36.2 Å². The molecule has 3 N–H and O–H groups in total. The van der Waals surface area contributed by atoms with E-state index in [1.54, 1.807) is 24.4 Å². The van der Waals surface area contributed by atoms with Crippen molar-refractivity contribution < 1.29 is 34.3 Å². The second-order valence-corrected chi connectivity index (χ2v) is 11.4. The average molecular weight is 648 g/mol. The molecule has 11 nitrogen and oxygen atoms in total. The van der Waals surface area contributed by atoms with Crippen LogP contribution in [0.3, 0.4) is 0 Å². The van der Waals surface area contributed by atoms with Crippen molar-refractivity contribution in [3.05, 3.63) is 62.7 Å². The van der Waals surface area contributed by atoms with Crippen LogP contribution in [0.5, 0.6) is 0 Å². The number of aromatic nitrogens is 3. The normalized spacial score (nSPS) is 28.1. The lowest BCUT2D eigenvalue weighted by Crippen LogP contribution is -2.63. The lowest BCUT2D eigenvalue weighted by molar-refractivity contribution is -0.211. The van der Waals surface area contributed by atoms with Crippen molar-refractivity contribution in [2.24, 2.45) is 0 Å². The van der Waals surface area contributed by atoms with Gasteiger partial charge in [0.25, 0.3) is 5.91 Å². The van der Waals surface area contributed by atoms with E-state index < -0.39 is 55.1 Å². The zero-order valence-corrected chi connectivity index (χ0v) is 24.5. The van der Waals surface area contributed by atoms with Crippen molar-refractivity contribution >= 4 is 58.0 Å². The minimum absolute atomic E-state index is 0.0129. The molecule has 2 aliphatic rings. The van der Waals surface area contributed by atoms with Gasteiger partial charge in [0, 0.05) is 28.4 Å². The van der Waals surface area contributed by atoms with Crippen molar-refractivity contribution in [1.82, 2.24) is 15.0 Å². The SMILES string of the molecule is COC1C(C(=O)N(c2cc(Cl)cc(Cl)c2)[C@@H]2COC[C@H]2O)OC(CO)C(O)C1n1cc(-c2ccc(Cl)c(Cl)c2)nn1. The van der Waals surface area contributed by atoms with Crippen LogP contribution in [0.25, 0.3) is 11.3 Å². The summed E-state index contributed by atoms with van der Waals surface area (Å²) >= 11 is 24.7. The first-order valence-electron chi connectivity index (χ1n) is 12.5. The van der Waals surface area contributed by atoms with E-state index in [0.717, 1.165) is 0 Å². The molecule has 0 saturated carbocycles. The fourth-order valence-electron chi connectivity index (χ4n) is 5.15. The molecule has 3 aromatic rings. The van der Waals surface area contributed by atoms with Crippen molar-refractivity contribution in [3.63, 3.8) is 0 Å². The number of amides is 1. The van der Waals surface area contributed by atoms with Gasteiger partial charge < -0.3 is 34.4 Å². The molecule has 0 bridgehead atoms. The Labute approximate surface area is 255 Å². The van der Waals surface area contributed by atoms with Crippen LogP contribution in [0.2, 0.25) is 20.1 Å². The highest BCUT2D eigenvalue weighted by Crippen LogP contribution is 2.37. The number of ether oxygens (including phenoxy) is 3. The number of nitrogens with zero attached hydrogens (tertiary/aromatic N) is 4. The van der Waals surface area contributed by atoms with Crippen LogP contribution in [0.4, 0.5) is 5.69 Å². The molecule has 1 aromatic heterocycles. The molecule has 5 rings (SSSR count). The topological polar surface area (TPSA) is 139 Å². The summed E-state index contributed by atoms with van der Waals surface area (Å²) in [6, 6.07) is 7.70. The van der Waals surface area contributed by atoms with Gasteiger partial charge in [-0.3, -0.25) is 4.79 Å². The molecule has 15 heteroatoms. The number of benzene rings is 2. The van der Waals surface area contributed by atoms with Gasteiger partial charge in [-0.2, -0.15) is 0 Å². The summed E-state index contributed by atoms with van der Waals surface area (Å²) < 4.78 is 18.5. The smallest absolute Gasteiger partial charge is 0.259 e. The molecule has 0 spiro atoms. The van der Waals surface area contributed by atoms with E-state index in [1.165, 1.54) is 34.9 Å². The highest BCUT2D eigenvalue weighted by atomic mass is 35.5. The van der Waals surface area contributed by atoms with Crippen LogP contribution in [0.1, 0.15) is 6.04 Å². The van der Waals surface area contributed by atoms with E-state index in [0.29, 0.717) is 27.0 Å². The van der Waals surface area contributed by atoms with Gasteiger partial charge in [0.2, 0.25) is 0 Å². The molecule has 2 fully saturated rings. The molecule has 0 aliphatic carbocycles. The van der Waals surface area contributed by atoms with Crippen LogP contribution in [-0.2, 0) is 19.0 Å². The molecular formula is C26H26Cl4N4O7. The minimum atomic E-state index is -1.37. The second-order valence-electron chi connectivity index (χ2n) is 9.68. The summed E-state index contributed by atoms with van der Waals surface area (Å²) in [5.74, 6) is -0.634. The molecule has 1 amide bonds. The lowest BCUT2D eigenvalue weighted by Gasteiger charge is -2.45. The third-order valence-corrected chi connectivity index (χ3v) is 8.31. The molecule has 2 aromatic carbocycles. The molecule has 0 radical (unpaired) electrons. The van der Waals surface area contributed by atoms with Gasteiger partial charge in [-0.05, 0) is 30.3 Å². The Morgan fingerprint density at radius 2 is 1.83 bits per heavy atom. The molecule has 3 heterocycles. The number of carbonyl (C=O) groups is 1. The Morgan fingerprint density at radius 3 is 2.44 bits per heavy atom. The maximum Gasteiger partial charge on any atom is 0.259 e. The Kier molecular flexibility index (Phi) is 9.41. The van der Waals surface area contributed by atoms with E-state index in [-0.39, 0.29) is 23.3 Å². The zero-order chi connectivity index (χ0) is 29.4. The number of hydrogen-bond acceptors (Lipinski definition) is 9. The average Bonchev–Trinajstić information content (AvgIpc) is 3.59. The van der Waals surface area contributed by atoms with Crippen molar-refractivity contribution in [2.45, 2.75) is 42.6 Å². The van der Waals surface area contributed by atoms with Crippen molar-refractivity contribution in [3.8, 4) is 11.3 Å². The van der Waals surface area contributed by atoms with Crippen molar-refractivity contribution in [1.29, 1.82) is 0 Å². The Bertz CT molecular complexity index is 1390. The van der Waals surface area contributed by atoms with E-state index >= 15 is 0 Å². The van der Waals surface area contributed by atoms with Crippen LogP contribution < -0.4 is 4.90 Å². The predicted octanol–water partition coefficient (Wildman–Crippen LogP) is 3.03. The van der Waals surface area contributed by atoms with Gasteiger partial charge in [0.05, 0.1) is 42.1 Å². The van der Waals surface area contributed by atoms with Gasteiger partial charge in [-0.25, -0.2) is 4.68 Å². The number of hydrogen-bond donors (Lipinski definition) is 3. The van der Waals surface area contributed by atoms with Crippen LogP contribution in [0, 0.1) is 0 Å². The van der Waals surface area contributed by atoms with E-state index in [9.17, 15) is 20.1 Å². The van der Waals surface area contributed by atoms with Gasteiger partial charge in [-0.15, -0.1) is 5.10 Å². The predicted molar refractivity (Wildman–Crippen MR) is 152 cm³/mol. The summed E-state index contributed by atoms with van der Waals surface area (Å²) in [7, 11) is 1.36. The molecule has 5 unspecified atom stereocenters. The summed E-state index contributed by atoms with van der Waals surface area (Å²) in [6.45, 7) is -0.559. The molecule has 2 saturated heterocycles. The standard InChI is InChI=1S/C26H26Cl4N4O7/c1-39-24-22(33-8-18(31-32-33)12-2-3-16(29)17(30)4-12)23(37)21(9-35)41-25(24)26(38)34(19-10-40-11-20(19)36)15-6-13(27)5-14(28)7-15/h2-8,19-25,35-37H,9-11H2,1H3/t19-,20-,21?,22?,23?,24?,25?/m1/s1. The summed E-state index contributed by atoms with van der Waals surface area (Å²) in [4.78, 5) is 15.6. The van der Waals surface area contributed by atoms with E-state index in [1.807, 2.05) is 0 Å². The molecule has 41 heavy (non-hydrogen) atoms. The Morgan fingerprint density at radius 1 is 1.10 bits per heavy atom. The third kappa shape index (κ3) is 6.07. The van der Waals surface area contributed by atoms with Gasteiger partial charge >= 0.3 is 0 Å². The molecule has 7 atom stereocenters. The van der Waals surface area contributed by atoms with E-state index in [4.69, 9.17) is 60.6 Å². The number of carbonyl (C=O) groups excluding carboxylic acids is 1. The van der Waals surface area contributed by atoms with Crippen LogP contribution >= 0.6 is 46.4 Å². The summed E-state index contributed by atoms with van der Waals surface area (Å²) in [6.07, 6.45) is -4.46. The fraction of sp³-hybridized carbons (Fsp3) is 0.423. The number of aliphatic hydroxyl groups is 3. The Balaban J connectivity index is 1.54.